The number of aromatic nitrogens is 1. The van der Waals surface area contributed by atoms with E-state index in [-0.39, 0.29) is 19.1 Å². The Labute approximate surface area is 172 Å². The molecule has 0 aliphatic heterocycles. The average Bonchev–Trinajstić information content (AvgIpc) is 2.69. The summed E-state index contributed by atoms with van der Waals surface area (Å²) in [6, 6.07) is 15.7. The number of halogens is 2. The number of rotatable bonds is 6. The van der Waals surface area contributed by atoms with Gasteiger partial charge >= 0.3 is 0 Å². The molecular formula is C21H18Cl2N2O3. The zero-order chi connectivity index (χ0) is 20.1. The standard InChI is InChI=1S/C21H18Cl2N2O3/c1-13-5-6-14(21(27)24-9-10-26)11-16(13)18-3-2-4-20(25-18)28-19-8-7-15(22)12-17(19)23/h2-8,11-12,26H,9-10H2,1H3,(H,24,27). The fourth-order valence-electron chi connectivity index (χ4n) is 2.60. The highest BCUT2D eigenvalue weighted by molar-refractivity contribution is 6.35. The van der Waals surface area contributed by atoms with Gasteiger partial charge in [-0.05, 0) is 48.9 Å². The van der Waals surface area contributed by atoms with E-state index >= 15 is 0 Å². The van der Waals surface area contributed by atoms with Crippen molar-refractivity contribution in [2.45, 2.75) is 6.92 Å². The highest BCUT2D eigenvalue weighted by Crippen LogP contribution is 2.32. The van der Waals surface area contributed by atoms with Crippen molar-refractivity contribution in [2.24, 2.45) is 0 Å². The first-order chi connectivity index (χ1) is 13.5. The van der Waals surface area contributed by atoms with Crippen molar-refractivity contribution in [3.63, 3.8) is 0 Å². The number of hydrogen-bond acceptors (Lipinski definition) is 4. The lowest BCUT2D eigenvalue weighted by Crippen LogP contribution is -2.26. The summed E-state index contributed by atoms with van der Waals surface area (Å²) in [5, 5.41) is 12.4. The van der Waals surface area contributed by atoms with Gasteiger partial charge in [0.15, 0.2) is 0 Å². The number of carbonyl (C=O) groups excluding carboxylic acids is 1. The van der Waals surface area contributed by atoms with Crippen molar-refractivity contribution < 1.29 is 14.6 Å². The first-order valence-electron chi connectivity index (χ1n) is 8.58. The minimum atomic E-state index is -0.254. The van der Waals surface area contributed by atoms with Crippen molar-refractivity contribution in [3.8, 4) is 22.9 Å². The fourth-order valence-corrected chi connectivity index (χ4v) is 3.05. The normalized spacial score (nSPS) is 10.6. The van der Waals surface area contributed by atoms with E-state index in [1.54, 1.807) is 36.4 Å². The monoisotopic (exact) mass is 416 g/mol. The number of ether oxygens (including phenoxy) is 1. The van der Waals surface area contributed by atoms with Gasteiger partial charge in [-0.3, -0.25) is 4.79 Å². The summed E-state index contributed by atoms with van der Waals surface area (Å²) in [5.74, 6) is 0.566. The minimum absolute atomic E-state index is 0.112. The van der Waals surface area contributed by atoms with Crippen LogP contribution in [0.5, 0.6) is 11.6 Å². The Morgan fingerprint density at radius 1 is 1.14 bits per heavy atom. The molecular weight excluding hydrogens is 399 g/mol. The molecule has 1 aromatic heterocycles. The van der Waals surface area contributed by atoms with Crippen molar-refractivity contribution >= 4 is 29.1 Å². The molecule has 3 aromatic rings. The van der Waals surface area contributed by atoms with Crippen molar-refractivity contribution in [3.05, 3.63) is 75.8 Å². The second-order valence-electron chi connectivity index (χ2n) is 6.05. The van der Waals surface area contributed by atoms with Crippen LogP contribution >= 0.6 is 23.2 Å². The molecule has 0 radical (unpaired) electrons. The number of pyridine rings is 1. The van der Waals surface area contributed by atoms with Gasteiger partial charge in [-0.25, -0.2) is 4.98 Å². The summed E-state index contributed by atoms with van der Waals surface area (Å²) in [4.78, 5) is 16.7. The van der Waals surface area contributed by atoms with Gasteiger partial charge < -0.3 is 15.2 Å². The Bertz CT molecular complexity index is 1010. The molecule has 0 saturated carbocycles. The Morgan fingerprint density at radius 2 is 1.96 bits per heavy atom. The summed E-state index contributed by atoms with van der Waals surface area (Å²) < 4.78 is 5.79. The topological polar surface area (TPSA) is 71.5 Å². The third-order valence-corrected chi connectivity index (χ3v) is 4.54. The number of hydrogen-bond donors (Lipinski definition) is 2. The number of aliphatic hydroxyl groups excluding tert-OH is 1. The summed E-state index contributed by atoms with van der Waals surface area (Å²) in [6.45, 7) is 2.03. The number of aliphatic hydroxyl groups is 1. The lowest BCUT2D eigenvalue weighted by atomic mass is 10.0. The number of nitrogens with one attached hydrogen (secondary N) is 1. The van der Waals surface area contributed by atoms with E-state index in [1.807, 2.05) is 25.1 Å². The lowest BCUT2D eigenvalue weighted by molar-refractivity contribution is 0.0945. The average molecular weight is 417 g/mol. The number of nitrogens with zero attached hydrogens (tertiary/aromatic N) is 1. The van der Waals surface area contributed by atoms with Gasteiger partial charge in [0.25, 0.3) is 5.91 Å². The lowest BCUT2D eigenvalue weighted by Gasteiger charge is -2.11. The molecule has 0 aliphatic rings. The van der Waals surface area contributed by atoms with Crippen molar-refractivity contribution in [1.82, 2.24) is 10.3 Å². The van der Waals surface area contributed by atoms with E-state index in [4.69, 9.17) is 33.0 Å². The van der Waals surface area contributed by atoms with E-state index in [1.165, 1.54) is 0 Å². The van der Waals surface area contributed by atoms with Crippen molar-refractivity contribution in [1.29, 1.82) is 0 Å². The van der Waals surface area contributed by atoms with Gasteiger partial charge in [-0.2, -0.15) is 0 Å². The van der Waals surface area contributed by atoms with Crippen LogP contribution in [0.2, 0.25) is 10.0 Å². The molecule has 5 nitrogen and oxygen atoms in total. The zero-order valence-electron chi connectivity index (χ0n) is 15.1. The molecule has 0 spiro atoms. The van der Waals surface area contributed by atoms with Crippen LogP contribution in [-0.4, -0.2) is 29.1 Å². The maximum Gasteiger partial charge on any atom is 0.251 e. The van der Waals surface area contributed by atoms with E-state index in [9.17, 15) is 4.79 Å². The van der Waals surface area contributed by atoms with Crippen LogP contribution in [0, 0.1) is 6.92 Å². The van der Waals surface area contributed by atoms with Gasteiger partial charge in [0.1, 0.15) is 5.75 Å². The van der Waals surface area contributed by atoms with Crippen LogP contribution in [0.3, 0.4) is 0 Å². The minimum Gasteiger partial charge on any atom is -0.437 e. The summed E-state index contributed by atoms with van der Waals surface area (Å²) in [5.41, 5.74) is 2.93. The zero-order valence-corrected chi connectivity index (χ0v) is 16.6. The molecule has 1 amide bonds. The molecule has 0 fully saturated rings. The fraction of sp³-hybridized carbons (Fsp3) is 0.143. The highest BCUT2D eigenvalue weighted by atomic mass is 35.5. The second kappa shape index (κ2) is 9.06. The van der Waals surface area contributed by atoms with Gasteiger partial charge in [-0.1, -0.05) is 35.3 Å². The number of amides is 1. The van der Waals surface area contributed by atoms with Crippen molar-refractivity contribution in [2.75, 3.05) is 13.2 Å². The summed E-state index contributed by atoms with van der Waals surface area (Å²) >= 11 is 12.1. The first-order valence-corrected chi connectivity index (χ1v) is 9.33. The van der Waals surface area contributed by atoms with Crippen LogP contribution in [0.15, 0.2) is 54.6 Å². The van der Waals surface area contributed by atoms with Gasteiger partial charge in [0, 0.05) is 28.8 Å². The van der Waals surface area contributed by atoms with E-state index in [0.717, 1.165) is 11.1 Å². The molecule has 0 saturated heterocycles. The smallest absolute Gasteiger partial charge is 0.251 e. The molecule has 3 rings (SSSR count). The third-order valence-electron chi connectivity index (χ3n) is 4.01. The molecule has 0 bridgehead atoms. The summed E-state index contributed by atoms with van der Waals surface area (Å²) in [6.07, 6.45) is 0. The summed E-state index contributed by atoms with van der Waals surface area (Å²) in [7, 11) is 0. The third kappa shape index (κ3) is 4.81. The molecule has 0 unspecified atom stereocenters. The Hall–Kier alpha value is -2.60. The second-order valence-corrected chi connectivity index (χ2v) is 6.89. The molecule has 7 heteroatoms. The molecule has 0 atom stereocenters. The quantitative estimate of drug-likeness (QED) is 0.600. The number of carbonyl (C=O) groups is 1. The van der Waals surface area contributed by atoms with E-state index in [2.05, 4.69) is 10.3 Å². The van der Waals surface area contributed by atoms with Crippen LogP contribution in [0.1, 0.15) is 15.9 Å². The Morgan fingerprint density at radius 3 is 2.71 bits per heavy atom. The first kappa shape index (κ1) is 20.1. The van der Waals surface area contributed by atoms with Crippen LogP contribution in [-0.2, 0) is 0 Å². The SMILES string of the molecule is Cc1ccc(C(=O)NCCO)cc1-c1cccc(Oc2ccc(Cl)cc2Cl)n1. The van der Waals surface area contributed by atoms with Crippen LogP contribution < -0.4 is 10.1 Å². The molecule has 2 N–H and O–H groups in total. The molecule has 144 valence electrons. The maximum atomic E-state index is 12.2. The molecule has 1 heterocycles. The molecule has 28 heavy (non-hydrogen) atoms. The number of benzene rings is 2. The molecule has 2 aromatic carbocycles. The predicted molar refractivity (Wildman–Crippen MR) is 110 cm³/mol. The molecule has 0 aliphatic carbocycles. The predicted octanol–water partition coefficient (Wildman–Crippen LogP) is 4.88. The van der Waals surface area contributed by atoms with E-state index < -0.39 is 0 Å². The largest absolute Gasteiger partial charge is 0.437 e. The Balaban J connectivity index is 1.90. The number of aryl methyl sites for hydroxylation is 1. The van der Waals surface area contributed by atoms with Gasteiger partial charge in [0.2, 0.25) is 5.88 Å². The van der Waals surface area contributed by atoms with Gasteiger partial charge in [0.05, 0.1) is 17.3 Å². The van der Waals surface area contributed by atoms with Crippen LogP contribution in [0.25, 0.3) is 11.3 Å². The highest BCUT2D eigenvalue weighted by Gasteiger charge is 2.12. The van der Waals surface area contributed by atoms with Gasteiger partial charge in [-0.15, -0.1) is 0 Å². The Kier molecular flexibility index (Phi) is 6.52. The maximum absolute atomic E-state index is 12.2. The van der Waals surface area contributed by atoms with E-state index in [0.29, 0.717) is 32.9 Å². The van der Waals surface area contributed by atoms with Crippen LogP contribution in [0.4, 0.5) is 0 Å².